The number of hydrogen-bond donors (Lipinski definition) is 1. The van der Waals surface area contributed by atoms with Crippen LogP contribution in [0.2, 0.25) is 5.02 Å². The molecule has 2 aromatic rings. The number of carbonyl (C=O) groups excluding carboxylic acids is 1. The largest absolute Gasteiger partial charge is 0.325 e. The van der Waals surface area contributed by atoms with Gasteiger partial charge in [0.1, 0.15) is 0 Å². The van der Waals surface area contributed by atoms with Gasteiger partial charge in [-0.25, -0.2) is 0 Å². The van der Waals surface area contributed by atoms with Gasteiger partial charge in [0.25, 0.3) is 0 Å². The average molecular weight is 300 g/mol. The quantitative estimate of drug-likeness (QED) is 0.880. The normalized spacial score (nSPS) is 15.6. The number of aryl methyl sites for hydroxylation is 2. The van der Waals surface area contributed by atoms with Gasteiger partial charge in [0.15, 0.2) is 0 Å². The third-order valence-corrected chi connectivity index (χ3v) is 4.46. The van der Waals surface area contributed by atoms with Gasteiger partial charge in [0.2, 0.25) is 5.91 Å². The molecular formula is C18H18ClNO. The van der Waals surface area contributed by atoms with E-state index in [0.29, 0.717) is 5.02 Å². The van der Waals surface area contributed by atoms with Crippen LogP contribution in [0, 0.1) is 13.8 Å². The van der Waals surface area contributed by atoms with Crippen LogP contribution in [0.1, 0.15) is 29.5 Å². The summed E-state index contributed by atoms with van der Waals surface area (Å²) in [6, 6.07) is 13.8. The molecule has 0 aliphatic heterocycles. The maximum Gasteiger partial charge on any atom is 0.235 e. The summed E-state index contributed by atoms with van der Waals surface area (Å²) < 4.78 is 0. The maximum atomic E-state index is 12.7. The Morgan fingerprint density at radius 1 is 1.10 bits per heavy atom. The number of hydrogen-bond acceptors (Lipinski definition) is 1. The summed E-state index contributed by atoms with van der Waals surface area (Å²) in [7, 11) is 0. The van der Waals surface area contributed by atoms with E-state index in [1.165, 1.54) is 5.56 Å². The lowest BCUT2D eigenvalue weighted by Crippen LogP contribution is -2.28. The molecule has 3 heteroatoms. The van der Waals surface area contributed by atoms with Gasteiger partial charge in [-0.05, 0) is 56.0 Å². The number of anilines is 1. The number of carbonyl (C=O) groups is 1. The van der Waals surface area contributed by atoms with Gasteiger partial charge in [-0.2, -0.15) is 0 Å². The smallest absolute Gasteiger partial charge is 0.235 e. The molecule has 2 nitrogen and oxygen atoms in total. The van der Waals surface area contributed by atoms with E-state index < -0.39 is 0 Å². The fraction of sp³-hybridized carbons (Fsp3) is 0.278. The van der Waals surface area contributed by atoms with E-state index in [-0.39, 0.29) is 11.3 Å². The first-order valence-electron chi connectivity index (χ1n) is 7.16. The fourth-order valence-electron chi connectivity index (χ4n) is 2.65. The van der Waals surface area contributed by atoms with Gasteiger partial charge in [-0.15, -0.1) is 0 Å². The van der Waals surface area contributed by atoms with Crippen molar-refractivity contribution in [2.24, 2.45) is 0 Å². The van der Waals surface area contributed by atoms with Gasteiger partial charge in [0, 0.05) is 10.7 Å². The minimum Gasteiger partial charge on any atom is -0.325 e. The van der Waals surface area contributed by atoms with Crippen molar-refractivity contribution in [2.45, 2.75) is 32.1 Å². The number of halogens is 1. The zero-order chi connectivity index (χ0) is 15.0. The van der Waals surface area contributed by atoms with E-state index in [1.54, 1.807) is 6.07 Å². The van der Waals surface area contributed by atoms with Gasteiger partial charge < -0.3 is 5.32 Å². The molecule has 0 unspecified atom stereocenters. The highest BCUT2D eigenvalue weighted by Gasteiger charge is 2.51. The Balaban J connectivity index is 1.83. The van der Waals surface area contributed by atoms with Crippen molar-refractivity contribution in [3.8, 4) is 0 Å². The molecule has 1 aliphatic rings. The first-order valence-corrected chi connectivity index (χ1v) is 7.54. The Bertz CT molecular complexity index is 687. The fourth-order valence-corrected chi connectivity index (χ4v) is 2.88. The van der Waals surface area contributed by atoms with Crippen LogP contribution in [0.25, 0.3) is 0 Å². The van der Waals surface area contributed by atoms with Crippen molar-refractivity contribution >= 4 is 23.2 Å². The molecular weight excluding hydrogens is 282 g/mol. The topological polar surface area (TPSA) is 29.1 Å². The summed E-state index contributed by atoms with van der Waals surface area (Å²) in [5.74, 6) is 0.0803. The highest BCUT2D eigenvalue weighted by molar-refractivity contribution is 6.30. The van der Waals surface area contributed by atoms with Crippen molar-refractivity contribution in [1.82, 2.24) is 0 Å². The Hall–Kier alpha value is -1.80. The molecule has 1 aliphatic carbocycles. The van der Waals surface area contributed by atoms with Crippen molar-refractivity contribution in [1.29, 1.82) is 0 Å². The maximum absolute atomic E-state index is 12.7. The second-order valence-electron chi connectivity index (χ2n) is 5.86. The number of rotatable bonds is 3. The van der Waals surface area contributed by atoms with Gasteiger partial charge in [-0.1, -0.05) is 41.4 Å². The molecule has 3 rings (SSSR count). The third kappa shape index (κ3) is 2.68. The van der Waals surface area contributed by atoms with Crippen molar-refractivity contribution in [3.05, 3.63) is 64.2 Å². The van der Waals surface area contributed by atoms with Crippen LogP contribution in [-0.4, -0.2) is 5.91 Å². The van der Waals surface area contributed by atoms with Crippen molar-refractivity contribution in [3.63, 3.8) is 0 Å². The molecule has 0 atom stereocenters. The highest BCUT2D eigenvalue weighted by Crippen LogP contribution is 2.49. The Morgan fingerprint density at radius 3 is 2.33 bits per heavy atom. The molecule has 108 valence electrons. The zero-order valence-corrected chi connectivity index (χ0v) is 13.0. The van der Waals surface area contributed by atoms with Crippen LogP contribution in [0.15, 0.2) is 42.5 Å². The van der Waals surface area contributed by atoms with E-state index in [9.17, 15) is 4.79 Å². The summed E-state index contributed by atoms with van der Waals surface area (Å²) >= 11 is 5.95. The van der Waals surface area contributed by atoms with E-state index >= 15 is 0 Å². The molecule has 1 amide bonds. The summed E-state index contributed by atoms with van der Waals surface area (Å²) in [4.78, 5) is 12.7. The van der Waals surface area contributed by atoms with Crippen LogP contribution in [-0.2, 0) is 10.2 Å². The Kier molecular flexibility index (Phi) is 3.50. The van der Waals surface area contributed by atoms with Crippen LogP contribution >= 0.6 is 11.6 Å². The van der Waals surface area contributed by atoms with E-state index in [2.05, 4.69) is 36.5 Å². The predicted octanol–water partition coefficient (Wildman–Crippen LogP) is 4.63. The van der Waals surface area contributed by atoms with Crippen LogP contribution < -0.4 is 5.32 Å². The molecule has 0 saturated heterocycles. The first-order chi connectivity index (χ1) is 10.0. The van der Waals surface area contributed by atoms with E-state index in [0.717, 1.165) is 29.7 Å². The highest BCUT2D eigenvalue weighted by atomic mass is 35.5. The van der Waals surface area contributed by atoms with Crippen LogP contribution in [0.3, 0.4) is 0 Å². The molecule has 1 N–H and O–H groups in total. The van der Waals surface area contributed by atoms with Gasteiger partial charge in [0.05, 0.1) is 5.41 Å². The van der Waals surface area contributed by atoms with Crippen LogP contribution in [0.5, 0.6) is 0 Å². The lowest BCUT2D eigenvalue weighted by molar-refractivity contribution is -0.118. The lowest BCUT2D eigenvalue weighted by Gasteiger charge is -2.17. The summed E-state index contributed by atoms with van der Waals surface area (Å²) in [5, 5.41) is 3.74. The molecule has 1 saturated carbocycles. The molecule has 0 radical (unpaired) electrons. The van der Waals surface area contributed by atoms with Crippen LogP contribution in [0.4, 0.5) is 5.69 Å². The minimum atomic E-state index is -0.347. The van der Waals surface area contributed by atoms with Gasteiger partial charge in [-0.3, -0.25) is 4.79 Å². The molecule has 0 heterocycles. The van der Waals surface area contributed by atoms with Gasteiger partial charge >= 0.3 is 0 Å². The Labute approximate surface area is 130 Å². The predicted molar refractivity (Wildman–Crippen MR) is 86.9 cm³/mol. The Morgan fingerprint density at radius 2 is 1.76 bits per heavy atom. The number of nitrogens with one attached hydrogen (secondary N) is 1. The zero-order valence-electron chi connectivity index (χ0n) is 12.2. The average Bonchev–Trinajstić information content (AvgIpc) is 3.24. The SMILES string of the molecule is Cc1ccc(C2(C(=O)Nc3ccc(Cl)cc3C)CC2)cc1. The molecule has 0 spiro atoms. The van der Waals surface area contributed by atoms with Crippen molar-refractivity contribution in [2.75, 3.05) is 5.32 Å². The van der Waals surface area contributed by atoms with E-state index in [1.807, 2.05) is 19.1 Å². The summed E-state index contributed by atoms with van der Waals surface area (Å²) in [5.41, 5.74) is 3.79. The minimum absolute atomic E-state index is 0.0803. The monoisotopic (exact) mass is 299 g/mol. The molecule has 2 aromatic carbocycles. The lowest BCUT2D eigenvalue weighted by atomic mass is 9.94. The molecule has 1 fully saturated rings. The molecule has 21 heavy (non-hydrogen) atoms. The summed E-state index contributed by atoms with van der Waals surface area (Å²) in [6.07, 6.45) is 1.82. The van der Waals surface area contributed by atoms with E-state index in [4.69, 9.17) is 11.6 Å². The standard InChI is InChI=1S/C18H18ClNO/c1-12-3-5-14(6-4-12)18(9-10-18)17(21)20-16-8-7-15(19)11-13(16)2/h3-8,11H,9-10H2,1-2H3,(H,20,21). The molecule has 0 aromatic heterocycles. The third-order valence-electron chi connectivity index (χ3n) is 4.23. The number of amides is 1. The summed E-state index contributed by atoms with van der Waals surface area (Å²) in [6.45, 7) is 4.01. The van der Waals surface area contributed by atoms with Crippen molar-refractivity contribution < 1.29 is 4.79 Å². The second-order valence-corrected chi connectivity index (χ2v) is 6.30. The second kappa shape index (κ2) is 5.19. The number of benzene rings is 2. The molecule has 0 bridgehead atoms. The first kappa shape index (κ1) is 14.2.